The molecule has 3 rings (SSSR count). The molecule has 2 aromatic heterocycles. The number of esters is 1. The first-order chi connectivity index (χ1) is 16.3. The monoisotopic (exact) mass is 463 g/mol. The van der Waals surface area contributed by atoms with Gasteiger partial charge in [-0.15, -0.1) is 0 Å². The second-order valence-corrected chi connectivity index (χ2v) is 7.75. The fraction of sp³-hybridized carbons (Fsp3) is 0.292. The smallest absolute Gasteiger partial charge is 0.326 e. The minimum Gasteiger partial charge on any atom is -0.480 e. The number of imidazole rings is 1. The number of fused-ring (bicyclic) bond motifs is 1. The van der Waals surface area contributed by atoms with Crippen molar-refractivity contribution < 1.29 is 24.2 Å². The molecule has 0 aliphatic carbocycles. The molecule has 0 aliphatic rings. The van der Waals surface area contributed by atoms with E-state index < -0.39 is 23.9 Å². The van der Waals surface area contributed by atoms with E-state index >= 15 is 0 Å². The molecule has 0 aliphatic heterocycles. The van der Waals surface area contributed by atoms with Crippen molar-refractivity contribution in [1.29, 1.82) is 5.26 Å². The molecule has 1 aromatic carbocycles. The first-order valence-corrected chi connectivity index (χ1v) is 10.7. The number of pyridine rings is 1. The SMILES string of the molecule is CCC(C)C(NC(=O)c1ccn2c(NCC(=O)OC)c(-c3ccc(C#N)cc3)nc2c1)C(=O)O. The summed E-state index contributed by atoms with van der Waals surface area (Å²) >= 11 is 0. The molecule has 2 unspecified atom stereocenters. The van der Waals surface area contributed by atoms with Gasteiger partial charge >= 0.3 is 11.9 Å². The van der Waals surface area contributed by atoms with Crippen molar-refractivity contribution in [3.8, 4) is 17.3 Å². The van der Waals surface area contributed by atoms with E-state index in [9.17, 15) is 19.5 Å². The summed E-state index contributed by atoms with van der Waals surface area (Å²) < 4.78 is 6.38. The van der Waals surface area contributed by atoms with Crippen LogP contribution in [-0.4, -0.2) is 52.0 Å². The van der Waals surface area contributed by atoms with Crippen molar-refractivity contribution >= 4 is 29.3 Å². The number of nitrogens with one attached hydrogen (secondary N) is 2. The number of ether oxygens (including phenoxy) is 1. The number of aliphatic carboxylic acids is 1. The van der Waals surface area contributed by atoms with Gasteiger partial charge in [0.2, 0.25) is 0 Å². The number of carbonyl (C=O) groups excluding carboxylic acids is 2. The highest BCUT2D eigenvalue weighted by molar-refractivity contribution is 5.97. The summed E-state index contributed by atoms with van der Waals surface area (Å²) in [5.41, 5.74) is 2.36. The van der Waals surface area contributed by atoms with Gasteiger partial charge in [-0.05, 0) is 30.2 Å². The molecule has 0 fully saturated rings. The number of carboxylic acids is 1. The van der Waals surface area contributed by atoms with Gasteiger partial charge in [-0.25, -0.2) is 9.78 Å². The van der Waals surface area contributed by atoms with Crippen LogP contribution in [0.3, 0.4) is 0 Å². The molecule has 0 spiro atoms. The zero-order chi connectivity index (χ0) is 24.8. The minimum atomic E-state index is -1.10. The van der Waals surface area contributed by atoms with Crippen LogP contribution in [-0.2, 0) is 14.3 Å². The summed E-state index contributed by atoms with van der Waals surface area (Å²) in [5, 5.41) is 24.1. The van der Waals surface area contributed by atoms with Gasteiger partial charge in [0, 0.05) is 17.3 Å². The number of nitriles is 1. The molecule has 0 saturated heterocycles. The van der Waals surface area contributed by atoms with Crippen LogP contribution in [0.4, 0.5) is 5.82 Å². The van der Waals surface area contributed by atoms with E-state index in [1.165, 1.54) is 7.11 Å². The number of aromatic nitrogens is 2. The zero-order valence-electron chi connectivity index (χ0n) is 19.0. The number of methoxy groups -OCH3 is 1. The standard InChI is InChI=1S/C24H25N5O5/c1-4-14(2)20(24(32)33)28-23(31)17-9-10-29-18(11-17)27-21(22(29)26-13-19(30)34-3)16-7-5-15(12-25)6-8-16/h5-11,14,20,26H,4,13H2,1-3H3,(H,28,31)(H,32,33). The van der Waals surface area contributed by atoms with Gasteiger partial charge < -0.3 is 20.5 Å². The largest absolute Gasteiger partial charge is 0.480 e. The van der Waals surface area contributed by atoms with Gasteiger partial charge in [-0.2, -0.15) is 5.26 Å². The lowest BCUT2D eigenvalue weighted by atomic mass is 9.99. The summed E-state index contributed by atoms with van der Waals surface area (Å²) in [6.07, 6.45) is 2.21. The van der Waals surface area contributed by atoms with E-state index in [-0.39, 0.29) is 18.0 Å². The predicted octanol–water partition coefficient (Wildman–Crippen LogP) is 2.69. The molecule has 2 heterocycles. The second kappa shape index (κ2) is 10.5. The van der Waals surface area contributed by atoms with Crippen molar-refractivity contribution in [1.82, 2.24) is 14.7 Å². The number of nitrogens with zero attached hydrogens (tertiary/aromatic N) is 3. The zero-order valence-corrected chi connectivity index (χ0v) is 19.0. The molecule has 3 N–H and O–H groups in total. The average molecular weight is 463 g/mol. The van der Waals surface area contributed by atoms with E-state index in [0.29, 0.717) is 34.7 Å². The number of carbonyl (C=O) groups is 3. The lowest BCUT2D eigenvalue weighted by molar-refractivity contribution is -0.140. The molecular weight excluding hydrogens is 438 g/mol. The molecule has 2 atom stereocenters. The number of anilines is 1. The van der Waals surface area contributed by atoms with Crippen LogP contribution in [0.5, 0.6) is 0 Å². The Hall–Kier alpha value is -4.39. The number of carboxylic acid groups (broad SMARTS) is 1. The highest BCUT2D eigenvalue weighted by Gasteiger charge is 2.26. The Kier molecular flexibility index (Phi) is 7.48. The van der Waals surface area contributed by atoms with E-state index in [1.54, 1.807) is 53.9 Å². The number of amides is 1. The molecular formula is C24H25N5O5. The first-order valence-electron chi connectivity index (χ1n) is 10.7. The van der Waals surface area contributed by atoms with Gasteiger partial charge in [-0.1, -0.05) is 32.4 Å². The van der Waals surface area contributed by atoms with E-state index in [2.05, 4.69) is 21.7 Å². The third-order valence-electron chi connectivity index (χ3n) is 5.57. The second-order valence-electron chi connectivity index (χ2n) is 7.75. The Labute approximate surface area is 196 Å². The third-order valence-corrected chi connectivity index (χ3v) is 5.57. The molecule has 10 nitrogen and oxygen atoms in total. The van der Waals surface area contributed by atoms with Crippen molar-refractivity contribution in [3.05, 3.63) is 53.7 Å². The Balaban J connectivity index is 2.01. The maximum atomic E-state index is 12.8. The molecule has 1 amide bonds. The quantitative estimate of drug-likeness (QED) is 0.411. The maximum absolute atomic E-state index is 12.8. The van der Waals surface area contributed by atoms with Crippen LogP contribution in [0.2, 0.25) is 0 Å². The molecule has 10 heteroatoms. The average Bonchev–Trinajstić information content (AvgIpc) is 3.22. The van der Waals surface area contributed by atoms with Crippen LogP contribution in [0.25, 0.3) is 16.9 Å². The summed E-state index contributed by atoms with van der Waals surface area (Å²) in [6, 6.07) is 10.9. The summed E-state index contributed by atoms with van der Waals surface area (Å²) in [4.78, 5) is 40.7. The fourth-order valence-corrected chi connectivity index (χ4v) is 3.39. The number of hydrogen-bond acceptors (Lipinski definition) is 7. The minimum absolute atomic E-state index is 0.106. The molecule has 0 saturated carbocycles. The van der Waals surface area contributed by atoms with Gasteiger partial charge in [0.05, 0.1) is 18.7 Å². The van der Waals surface area contributed by atoms with Crippen LogP contribution in [0, 0.1) is 17.2 Å². The Morgan fingerprint density at radius 1 is 1.24 bits per heavy atom. The lowest BCUT2D eigenvalue weighted by Crippen LogP contribution is -2.45. The summed E-state index contributed by atoms with van der Waals surface area (Å²) in [5.74, 6) is -1.83. The number of hydrogen-bond donors (Lipinski definition) is 3. The van der Waals surface area contributed by atoms with Crippen LogP contribution in [0.1, 0.15) is 36.2 Å². The van der Waals surface area contributed by atoms with Crippen molar-refractivity contribution in [2.24, 2.45) is 5.92 Å². The van der Waals surface area contributed by atoms with Gasteiger partial charge in [0.25, 0.3) is 5.91 Å². The topological polar surface area (TPSA) is 146 Å². The van der Waals surface area contributed by atoms with Crippen LogP contribution in [0.15, 0.2) is 42.6 Å². The van der Waals surface area contributed by atoms with Gasteiger partial charge in [-0.3, -0.25) is 14.0 Å². The Morgan fingerprint density at radius 2 is 1.94 bits per heavy atom. The predicted molar refractivity (Wildman–Crippen MR) is 124 cm³/mol. The highest BCUT2D eigenvalue weighted by Crippen LogP contribution is 2.29. The summed E-state index contributed by atoms with van der Waals surface area (Å²) in [6.45, 7) is 3.52. The van der Waals surface area contributed by atoms with E-state index in [1.807, 2.05) is 6.92 Å². The highest BCUT2D eigenvalue weighted by atomic mass is 16.5. The van der Waals surface area contributed by atoms with Crippen LogP contribution >= 0.6 is 0 Å². The summed E-state index contributed by atoms with van der Waals surface area (Å²) in [7, 11) is 1.29. The van der Waals surface area contributed by atoms with Gasteiger partial charge in [0.1, 0.15) is 29.7 Å². The van der Waals surface area contributed by atoms with Crippen molar-refractivity contribution in [2.75, 3.05) is 19.0 Å². The molecule has 0 radical (unpaired) electrons. The number of benzene rings is 1. The normalized spacial score (nSPS) is 12.4. The molecule has 0 bridgehead atoms. The van der Waals surface area contributed by atoms with Crippen molar-refractivity contribution in [2.45, 2.75) is 26.3 Å². The maximum Gasteiger partial charge on any atom is 0.326 e. The Morgan fingerprint density at radius 3 is 2.53 bits per heavy atom. The third kappa shape index (κ3) is 5.15. The Bertz CT molecular complexity index is 1260. The molecule has 3 aromatic rings. The fourth-order valence-electron chi connectivity index (χ4n) is 3.39. The van der Waals surface area contributed by atoms with Crippen molar-refractivity contribution in [3.63, 3.8) is 0 Å². The van der Waals surface area contributed by atoms with Crippen LogP contribution < -0.4 is 10.6 Å². The molecule has 34 heavy (non-hydrogen) atoms. The first kappa shape index (κ1) is 24.3. The van der Waals surface area contributed by atoms with Gasteiger partial charge in [0.15, 0.2) is 0 Å². The number of rotatable bonds is 9. The van der Waals surface area contributed by atoms with E-state index in [0.717, 1.165) is 0 Å². The lowest BCUT2D eigenvalue weighted by Gasteiger charge is -2.20. The van der Waals surface area contributed by atoms with E-state index in [4.69, 9.17) is 10.00 Å². The molecule has 176 valence electrons.